The number of Topliss-reactive ketones (excluding diaryl/α,β-unsaturated/α-hetero) is 1. The van der Waals surface area contributed by atoms with Gasteiger partial charge in [-0.25, -0.2) is 0 Å². The number of amides is 1. The maximum Gasteiger partial charge on any atom is 0.295 e. The van der Waals surface area contributed by atoms with Gasteiger partial charge in [-0.1, -0.05) is 36.1 Å². The van der Waals surface area contributed by atoms with Crippen LogP contribution >= 0.6 is 0 Å². The van der Waals surface area contributed by atoms with Crippen LogP contribution in [0.3, 0.4) is 0 Å². The SMILES string of the molecule is CCOc1ccccc1C1/C(=C(\[O-])c2ccc(OC(C)C)cc2)C(=O)C(=O)N1CCC[NH+](C)C. The highest BCUT2D eigenvalue weighted by atomic mass is 16.5. The van der Waals surface area contributed by atoms with Crippen LogP contribution in [-0.2, 0) is 9.59 Å². The lowest BCUT2D eigenvalue weighted by Gasteiger charge is -2.29. The van der Waals surface area contributed by atoms with Crippen LogP contribution in [0.2, 0.25) is 0 Å². The zero-order valence-corrected chi connectivity index (χ0v) is 20.6. The second kappa shape index (κ2) is 11.2. The van der Waals surface area contributed by atoms with Crippen LogP contribution in [0.1, 0.15) is 44.4 Å². The van der Waals surface area contributed by atoms with E-state index < -0.39 is 23.5 Å². The van der Waals surface area contributed by atoms with Gasteiger partial charge >= 0.3 is 0 Å². The van der Waals surface area contributed by atoms with Gasteiger partial charge in [0.2, 0.25) is 5.78 Å². The number of nitrogens with one attached hydrogen (secondary N) is 1. The first-order valence-electron chi connectivity index (χ1n) is 11.8. The molecule has 0 saturated carbocycles. The highest BCUT2D eigenvalue weighted by molar-refractivity contribution is 6.46. The topological polar surface area (TPSA) is 83.3 Å². The minimum Gasteiger partial charge on any atom is -0.872 e. The monoisotopic (exact) mass is 466 g/mol. The molecule has 2 aromatic carbocycles. The van der Waals surface area contributed by atoms with Gasteiger partial charge in [0.25, 0.3) is 5.91 Å². The molecular weight excluding hydrogens is 432 g/mol. The highest BCUT2D eigenvalue weighted by Crippen LogP contribution is 2.42. The maximum absolute atomic E-state index is 13.6. The number of carbonyl (C=O) groups excluding carboxylic acids is 2. The van der Waals surface area contributed by atoms with E-state index in [0.29, 0.717) is 42.2 Å². The molecule has 3 rings (SSSR count). The van der Waals surface area contributed by atoms with Gasteiger partial charge in [0, 0.05) is 24.1 Å². The summed E-state index contributed by atoms with van der Waals surface area (Å²) in [5.74, 6) is -0.649. The number of ketones is 1. The normalized spacial score (nSPS) is 17.6. The molecule has 0 aromatic heterocycles. The Balaban J connectivity index is 2.09. The molecule has 0 bridgehead atoms. The molecule has 0 radical (unpaired) electrons. The van der Waals surface area contributed by atoms with Crippen LogP contribution in [0.15, 0.2) is 54.1 Å². The summed E-state index contributed by atoms with van der Waals surface area (Å²) in [6.45, 7) is 7.35. The number of ether oxygens (including phenoxy) is 2. The molecule has 0 aliphatic carbocycles. The average Bonchev–Trinajstić information content (AvgIpc) is 3.04. The molecule has 1 aliphatic heterocycles. The van der Waals surface area contributed by atoms with E-state index in [0.717, 1.165) is 6.54 Å². The van der Waals surface area contributed by atoms with Crippen molar-refractivity contribution in [2.75, 3.05) is 33.8 Å². The Morgan fingerprint density at radius 3 is 2.38 bits per heavy atom. The summed E-state index contributed by atoms with van der Waals surface area (Å²) in [6.07, 6.45) is 0.708. The molecule has 1 amide bonds. The van der Waals surface area contributed by atoms with Crippen molar-refractivity contribution in [1.82, 2.24) is 4.90 Å². The van der Waals surface area contributed by atoms with Gasteiger partial charge in [-0.05, 0) is 44.5 Å². The van der Waals surface area contributed by atoms with Gasteiger partial charge in [-0.2, -0.15) is 0 Å². The Morgan fingerprint density at radius 1 is 1.09 bits per heavy atom. The van der Waals surface area contributed by atoms with E-state index in [9.17, 15) is 14.7 Å². The molecule has 1 fully saturated rings. The van der Waals surface area contributed by atoms with Crippen molar-refractivity contribution in [2.45, 2.75) is 39.3 Å². The first kappa shape index (κ1) is 25.3. The Labute approximate surface area is 201 Å². The Morgan fingerprint density at radius 2 is 1.76 bits per heavy atom. The van der Waals surface area contributed by atoms with Crippen molar-refractivity contribution in [3.05, 3.63) is 65.2 Å². The fraction of sp³-hybridized carbons (Fsp3) is 0.407. The second-order valence-corrected chi connectivity index (χ2v) is 8.95. The van der Waals surface area contributed by atoms with E-state index in [-0.39, 0.29) is 11.7 Å². The van der Waals surface area contributed by atoms with Gasteiger partial charge < -0.3 is 24.4 Å². The lowest BCUT2D eigenvalue weighted by Crippen LogP contribution is -3.05. The van der Waals surface area contributed by atoms with Crippen LogP contribution < -0.4 is 19.5 Å². The van der Waals surface area contributed by atoms with Crippen molar-refractivity contribution in [3.8, 4) is 11.5 Å². The van der Waals surface area contributed by atoms with Crippen molar-refractivity contribution in [2.24, 2.45) is 0 Å². The van der Waals surface area contributed by atoms with E-state index in [1.54, 1.807) is 30.3 Å². The molecule has 7 nitrogen and oxygen atoms in total. The van der Waals surface area contributed by atoms with Crippen molar-refractivity contribution in [1.29, 1.82) is 0 Å². The van der Waals surface area contributed by atoms with Crippen molar-refractivity contribution < 1.29 is 29.1 Å². The zero-order valence-electron chi connectivity index (χ0n) is 20.6. The summed E-state index contributed by atoms with van der Waals surface area (Å²) in [6, 6.07) is 13.2. The second-order valence-electron chi connectivity index (χ2n) is 8.95. The number of para-hydroxylation sites is 1. The van der Waals surface area contributed by atoms with E-state index >= 15 is 0 Å². The van der Waals surface area contributed by atoms with E-state index in [1.165, 1.54) is 9.80 Å². The van der Waals surface area contributed by atoms with Crippen LogP contribution in [-0.4, -0.2) is 56.5 Å². The molecule has 7 heteroatoms. The Bertz CT molecular complexity index is 1040. The zero-order chi connectivity index (χ0) is 24.8. The maximum atomic E-state index is 13.6. The molecule has 1 N–H and O–H groups in total. The Kier molecular flexibility index (Phi) is 8.34. The molecule has 1 atom stereocenters. The quantitative estimate of drug-likeness (QED) is 0.327. The summed E-state index contributed by atoms with van der Waals surface area (Å²) < 4.78 is 11.5. The Hall–Kier alpha value is -3.32. The summed E-state index contributed by atoms with van der Waals surface area (Å²) in [5, 5.41) is 13.6. The average molecular weight is 467 g/mol. The number of nitrogens with zero attached hydrogens (tertiary/aromatic N) is 1. The van der Waals surface area contributed by atoms with Gasteiger partial charge in [-0.3, -0.25) is 9.59 Å². The number of likely N-dealkylation sites (tertiary alicyclic amines) is 1. The highest BCUT2D eigenvalue weighted by Gasteiger charge is 2.45. The molecule has 0 spiro atoms. The summed E-state index contributed by atoms with van der Waals surface area (Å²) in [5.41, 5.74) is 0.946. The van der Waals surface area contributed by atoms with Crippen LogP contribution in [0, 0.1) is 0 Å². The van der Waals surface area contributed by atoms with Gasteiger partial charge in [-0.15, -0.1) is 0 Å². The van der Waals surface area contributed by atoms with Crippen molar-refractivity contribution >= 4 is 17.4 Å². The van der Waals surface area contributed by atoms with E-state index in [4.69, 9.17) is 9.47 Å². The predicted octanol–water partition coefficient (Wildman–Crippen LogP) is 1.63. The lowest BCUT2D eigenvalue weighted by atomic mass is 9.94. The first-order valence-corrected chi connectivity index (χ1v) is 11.8. The van der Waals surface area contributed by atoms with E-state index in [1.807, 2.05) is 53.1 Å². The van der Waals surface area contributed by atoms with Crippen LogP contribution in [0.25, 0.3) is 5.76 Å². The van der Waals surface area contributed by atoms with Crippen molar-refractivity contribution in [3.63, 3.8) is 0 Å². The molecule has 2 aromatic rings. The first-order chi connectivity index (χ1) is 16.2. The van der Waals surface area contributed by atoms with Gasteiger partial charge in [0.15, 0.2) is 0 Å². The fourth-order valence-electron chi connectivity index (χ4n) is 4.13. The molecule has 1 heterocycles. The molecule has 182 valence electrons. The van der Waals surface area contributed by atoms with Crippen LogP contribution in [0.4, 0.5) is 0 Å². The third kappa shape index (κ3) is 5.59. The third-order valence-corrected chi connectivity index (χ3v) is 5.61. The predicted molar refractivity (Wildman–Crippen MR) is 128 cm³/mol. The minimum atomic E-state index is -0.793. The summed E-state index contributed by atoms with van der Waals surface area (Å²) >= 11 is 0. The standard InChI is InChI=1S/C27H34N2O5/c1-6-33-22-11-8-7-10-21(22)24-23(26(31)27(32)29(24)17-9-16-28(4)5)25(30)19-12-14-20(15-13-19)34-18(2)3/h7-8,10-15,18,24,30H,6,9,16-17H2,1-5H3/b25-23+. The molecule has 1 saturated heterocycles. The lowest BCUT2D eigenvalue weighted by molar-refractivity contribution is -0.858. The van der Waals surface area contributed by atoms with E-state index in [2.05, 4.69) is 0 Å². The largest absolute Gasteiger partial charge is 0.872 e. The molecule has 1 unspecified atom stereocenters. The summed E-state index contributed by atoms with van der Waals surface area (Å²) in [4.78, 5) is 29.0. The number of benzene rings is 2. The molecule has 34 heavy (non-hydrogen) atoms. The van der Waals surface area contributed by atoms with Gasteiger partial charge in [0.1, 0.15) is 11.5 Å². The number of rotatable bonds is 10. The van der Waals surface area contributed by atoms with Gasteiger partial charge in [0.05, 0.1) is 39.4 Å². The fourth-order valence-corrected chi connectivity index (χ4v) is 4.13. The third-order valence-electron chi connectivity index (χ3n) is 5.61. The summed E-state index contributed by atoms with van der Waals surface area (Å²) in [7, 11) is 4.07. The number of hydrogen-bond acceptors (Lipinski definition) is 5. The van der Waals surface area contributed by atoms with Crippen LogP contribution in [0.5, 0.6) is 11.5 Å². The number of quaternary nitrogens is 1. The number of carbonyl (C=O) groups is 2. The molecular formula is C27H34N2O5. The smallest absolute Gasteiger partial charge is 0.295 e. The molecule has 1 aliphatic rings. The number of hydrogen-bond donors (Lipinski definition) is 1. The minimum absolute atomic E-state index is 0.00182.